The second-order valence-corrected chi connectivity index (χ2v) is 6.85. The fourth-order valence-corrected chi connectivity index (χ4v) is 3.94. The van der Waals surface area contributed by atoms with Crippen LogP contribution in [0.25, 0.3) is 0 Å². The molecule has 1 aromatic rings. The number of sulfonamides is 1. The van der Waals surface area contributed by atoms with Crippen LogP contribution in [0.4, 0.5) is 0 Å². The predicted molar refractivity (Wildman–Crippen MR) is 72.4 cm³/mol. The predicted octanol–water partition coefficient (Wildman–Crippen LogP) is 1.59. The van der Waals surface area contributed by atoms with Gasteiger partial charge in [0.25, 0.3) is 0 Å². The van der Waals surface area contributed by atoms with Crippen molar-refractivity contribution in [2.45, 2.75) is 29.5 Å². The van der Waals surface area contributed by atoms with E-state index in [1.807, 2.05) is 0 Å². The Morgan fingerprint density at radius 2 is 2.35 bits per heavy atom. The minimum atomic E-state index is -3.27. The lowest BCUT2D eigenvalue weighted by Crippen LogP contribution is -2.30. The van der Waals surface area contributed by atoms with E-state index in [-0.39, 0.29) is 12.4 Å². The van der Waals surface area contributed by atoms with Gasteiger partial charge in [-0.05, 0) is 37.3 Å². The Hall–Kier alpha value is -0.140. The van der Waals surface area contributed by atoms with Crippen LogP contribution in [0.2, 0.25) is 0 Å². The molecule has 0 bridgehead atoms. The van der Waals surface area contributed by atoms with E-state index < -0.39 is 10.0 Å². The number of rotatable bonds is 5. The Morgan fingerprint density at radius 1 is 1.53 bits per heavy atom. The highest BCUT2D eigenvalue weighted by molar-refractivity contribution is 7.91. The van der Waals surface area contributed by atoms with Crippen molar-refractivity contribution < 1.29 is 8.42 Å². The van der Waals surface area contributed by atoms with Crippen LogP contribution in [0.1, 0.15) is 19.3 Å². The van der Waals surface area contributed by atoms with E-state index in [1.54, 1.807) is 17.5 Å². The first-order valence-electron chi connectivity index (χ1n) is 5.45. The molecule has 17 heavy (non-hydrogen) atoms. The highest BCUT2D eigenvalue weighted by Gasteiger charge is 2.17. The molecule has 2 N–H and O–H groups in total. The van der Waals surface area contributed by atoms with E-state index in [0.717, 1.165) is 19.4 Å². The Bertz CT molecular complexity index is 414. The van der Waals surface area contributed by atoms with Crippen LogP contribution in [0.15, 0.2) is 21.7 Å². The van der Waals surface area contributed by atoms with Crippen molar-refractivity contribution in [1.29, 1.82) is 0 Å². The number of hydrogen-bond donors (Lipinski definition) is 2. The van der Waals surface area contributed by atoms with Crippen molar-refractivity contribution in [2.24, 2.45) is 0 Å². The van der Waals surface area contributed by atoms with Gasteiger partial charge in [0.15, 0.2) is 0 Å². The summed E-state index contributed by atoms with van der Waals surface area (Å²) in [4.78, 5) is 0. The second-order valence-electron chi connectivity index (χ2n) is 3.91. The largest absolute Gasteiger partial charge is 0.314 e. The van der Waals surface area contributed by atoms with Gasteiger partial charge in [0.1, 0.15) is 4.21 Å². The quantitative estimate of drug-likeness (QED) is 0.867. The number of hydrogen-bond acceptors (Lipinski definition) is 4. The molecule has 1 aliphatic heterocycles. The molecule has 0 saturated carbocycles. The number of nitrogens with one attached hydrogen (secondary N) is 2. The lowest BCUT2D eigenvalue weighted by Gasteiger charge is -2.10. The molecular weight excluding hydrogens is 280 g/mol. The molecule has 1 atom stereocenters. The molecular formula is C10H17ClN2O2S2. The smallest absolute Gasteiger partial charge is 0.250 e. The second kappa shape index (κ2) is 6.70. The maximum atomic E-state index is 11.7. The molecule has 0 amide bonds. The molecule has 1 aromatic heterocycles. The highest BCUT2D eigenvalue weighted by atomic mass is 35.5. The first-order chi connectivity index (χ1) is 7.68. The summed E-state index contributed by atoms with van der Waals surface area (Å²) >= 11 is 1.25. The third-order valence-corrected chi connectivity index (χ3v) is 5.57. The van der Waals surface area contributed by atoms with Gasteiger partial charge >= 0.3 is 0 Å². The molecule has 0 aromatic carbocycles. The van der Waals surface area contributed by atoms with Crippen LogP contribution < -0.4 is 10.0 Å². The van der Waals surface area contributed by atoms with Crippen LogP contribution >= 0.6 is 23.7 Å². The standard InChI is InChI=1S/C10H16N2O2S2.ClH/c13-16(14,10-4-2-8-15-10)12-7-5-9-3-1-6-11-9;/h2,4,8-9,11-12H,1,3,5-7H2;1H/t9-;/m1./s1. The summed E-state index contributed by atoms with van der Waals surface area (Å²) in [5.74, 6) is 0. The summed E-state index contributed by atoms with van der Waals surface area (Å²) in [6.07, 6.45) is 3.22. The van der Waals surface area contributed by atoms with E-state index in [9.17, 15) is 8.42 Å². The van der Waals surface area contributed by atoms with Gasteiger partial charge in [-0.1, -0.05) is 6.07 Å². The molecule has 0 aliphatic carbocycles. The van der Waals surface area contributed by atoms with E-state index in [2.05, 4.69) is 10.0 Å². The molecule has 4 nitrogen and oxygen atoms in total. The minimum absolute atomic E-state index is 0. The van der Waals surface area contributed by atoms with Gasteiger partial charge in [-0.15, -0.1) is 23.7 Å². The monoisotopic (exact) mass is 296 g/mol. The Morgan fingerprint density at radius 3 is 2.94 bits per heavy atom. The molecule has 0 unspecified atom stereocenters. The van der Waals surface area contributed by atoms with Gasteiger partial charge in [-0.25, -0.2) is 13.1 Å². The summed E-state index contributed by atoms with van der Waals surface area (Å²) in [6.45, 7) is 1.57. The van der Waals surface area contributed by atoms with Gasteiger partial charge in [-0.3, -0.25) is 0 Å². The summed E-state index contributed by atoms with van der Waals surface area (Å²) in [7, 11) is -3.27. The van der Waals surface area contributed by atoms with Crippen LogP contribution in [0.5, 0.6) is 0 Å². The molecule has 0 spiro atoms. The average molecular weight is 297 g/mol. The minimum Gasteiger partial charge on any atom is -0.314 e. The zero-order valence-electron chi connectivity index (χ0n) is 9.39. The van der Waals surface area contributed by atoms with E-state index in [0.29, 0.717) is 16.8 Å². The van der Waals surface area contributed by atoms with Crippen LogP contribution in [-0.4, -0.2) is 27.5 Å². The molecule has 0 radical (unpaired) electrons. The summed E-state index contributed by atoms with van der Waals surface area (Å²) in [5.41, 5.74) is 0. The van der Waals surface area contributed by atoms with Crippen molar-refractivity contribution in [1.82, 2.24) is 10.0 Å². The van der Waals surface area contributed by atoms with Gasteiger partial charge < -0.3 is 5.32 Å². The van der Waals surface area contributed by atoms with E-state index in [1.165, 1.54) is 17.8 Å². The molecule has 1 saturated heterocycles. The van der Waals surface area contributed by atoms with Gasteiger partial charge in [-0.2, -0.15) is 0 Å². The molecule has 7 heteroatoms. The SMILES string of the molecule is Cl.O=S(=O)(NCC[C@H]1CCCN1)c1cccs1. The molecule has 2 rings (SSSR count). The number of thiophene rings is 1. The molecule has 98 valence electrons. The van der Waals surface area contributed by atoms with E-state index >= 15 is 0 Å². The van der Waals surface area contributed by atoms with Crippen molar-refractivity contribution in [3.8, 4) is 0 Å². The highest BCUT2D eigenvalue weighted by Crippen LogP contribution is 2.15. The van der Waals surface area contributed by atoms with Crippen LogP contribution in [0.3, 0.4) is 0 Å². The van der Waals surface area contributed by atoms with Crippen molar-refractivity contribution in [3.63, 3.8) is 0 Å². The Labute approximate surface area is 112 Å². The van der Waals surface area contributed by atoms with Crippen molar-refractivity contribution in [2.75, 3.05) is 13.1 Å². The fraction of sp³-hybridized carbons (Fsp3) is 0.600. The lowest BCUT2D eigenvalue weighted by atomic mass is 10.2. The number of halogens is 1. The zero-order valence-corrected chi connectivity index (χ0v) is 11.8. The first kappa shape index (κ1) is 14.9. The zero-order chi connectivity index (χ0) is 11.4. The first-order valence-corrected chi connectivity index (χ1v) is 7.81. The molecule has 2 heterocycles. The maximum Gasteiger partial charge on any atom is 0.250 e. The summed E-state index contributed by atoms with van der Waals surface area (Å²) < 4.78 is 26.5. The average Bonchev–Trinajstić information content (AvgIpc) is 2.90. The van der Waals surface area contributed by atoms with Gasteiger partial charge in [0.05, 0.1) is 0 Å². The van der Waals surface area contributed by atoms with Crippen LogP contribution in [-0.2, 0) is 10.0 Å². The lowest BCUT2D eigenvalue weighted by molar-refractivity contribution is 0.540. The fourth-order valence-electron chi connectivity index (χ4n) is 1.86. The molecule has 1 aliphatic rings. The van der Waals surface area contributed by atoms with Crippen LogP contribution in [0, 0.1) is 0 Å². The topological polar surface area (TPSA) is 58.2 Å². The Kier molecular flexibility index (Phi) is 5.88. The summed E-state index contributed by atoms with van der Waals surface area (Å²) in [6, 6.07) is 3.85. The third-order valence-electron chi connectivity index (χ3n) is 2.71. The normalized spacial score (nSPS) is 20.1. The molecule has 1 fully saturated rings. The van der Waals surface area contributed by atoms with Gasteiger partial charge in [0.2, 0.25) is 10.0 Å². The maximum absolute atomic E-state index is 11.7. The van der Waals surface area contributed by atoms with Crippen molar-refractivity contribution in [3.05, 3.63) is 17.5 Å². The summed E-state index contributed by atoms with van der Waals surface area (Å²) in [5, 5.41) is 5.12. The van der Waals surface area contributed by atoms with E-state index in [4.69, 9.17) is 0 Å². The van der Waals surface area contributed by atoms with Crippen molar-refractivity contribution >= 4 is 33.8 Å². The van der Waals surface area contributed by atoms with Gasteiger partial charge in [0, 0.05) is 12.6 Å². The third kappa shape index (κ3) is 4.22. The Balaban J connectivity index is 0.00000144.